The number of aromatic amines is 1. The number of aromatic nitrogens is 2. The second-order valence-electron chi connectivity index (χ2n) is 7.38. The summed E-state index contributed by atoms with van der Waals surface area (Å²) in [7, 11) is 0. The molecule has 1 aliphatic rings. The van der Waals surface area contributed by atoms with E-state index >= 15 is 0 Å². The van der Waals surface area contributed by atoms with Crippen LogP contribution in [0.1, 0.15) is 27.7 Å². The molecule has 2 N–H and O–H groups in total. The van der Waals surface area contributed by atoms with Gasteiger partial charge in [0.1, 0.15) is 5.69 Å². The van der Waals surface area contributed by atoms with Gasteiger partial charge in [0.25, 0.3) is 5.91 Å². The Balaban J connectivity index is 1.51. The van der Waals surface area contributed by atoms with Crippen molar-refractivity contribution in [3.63, 3.8) is 0 Å². The molecule has 0 aliphatic carbocycles. The molecule has 1 amide bonds. The molecule has 0 bridgehead atoms. The Hall–Kier alpha value is -2.96. The normalized spacial score (nSPS) is 15.8. The first-order valence-corrected chi connectivity index (χ1v) is 9.97. The minimum absolute atomic E-state index is 0.107. The lowest BCUT2D eigenvalue weighted by Gasteiger charge is -2.31. The van der Waals surface area contributed by atoms with Crippen LogP contribution in [0.4, 0.5) is 0 Å². The van der Waals surface area contributed by atoms with Gasteiger partial charge in [-0.2, -0.15) is 5.10 Å². The summed E-state index contributed by atoms with van der Waals surface area (Å²) in [4.78, 5) is 15.3. The van der Waals surface area contributed by atoms with Crippen molar-refractivity contribution in [1.82, 2.24) is 20.4 Å². The minimum Gasteiger partial charge on any atom is -0.379 e. The summed E-state index contributed by atoms with van der Waals surface area (Å²) >= 11 is 0. The number of rotatable bonds is 6. The van der Waals surface area contributed by atoms with E-state index in [4.69, 9.17) is 4.74 Å². The van der Waals surface area contributed by atoms with Crippen LogP contribution in [-0.2, 0) is 4.74 Å². The lowest BCUT2D eigenvalue weighted by atomic mass is 10.0. The van der Waals surface area contributed by atoms with E-state index in [2.05, 4.69) is 51.6 Å². The highest BCUT2D eigenvalue weighted by atomic mass is 16.5. The lowest BCUT2D eigenvalue weighted by Crippen LogP contribution is -2.43. The SMILES string of the molecule is Cc1ccc([C@H](CN2CCOCC2)NC(=O)c2cc(-c3ccccc3)n[nH]2)cc1. The standard InChI is InChI=1S/C23H26N4O2/c1-17-7-9-19(10-8-17)22(16-27-11-13-29-14-12-27)24-23(28)21-15-20(25-26-21)18-5-3-2-4-6-18/h2-10,15,22H,11-14,16H2,1H3,(H,24,28)(H,25,26)/t22-/m0/s1. The Morgan fingerprint density at radius 1 is 1.14 bits per heavy atom. The molecule has 29 heavy (non-hydrogen) atoms. The highest BCUT2D eigenvalue weighted by molar-refractivity contribution is 5.93. The number of nitrogens with zero attached hydrogens (tertiary/aromatic N) is 2. The van der Waals surface area contributed by atoms with Crippen LogP contribution in [0.3, 0.4) is 0 Å². The van der Waals surface area contributed by atoms with Gasteiger partial charge in [0, 0.05) is 25.2 Å². The van der Waals surface area contributed by atoms with Gasteiger partial charge in [-0.1, -0.05) is 60.2 Å². The number of hydrogen-bond donors (Lipinski definition) is 2. The first-order chi connectivity index (χ1) is 14.2. The number of carbonyl (C=O) groups excluding carboxylic acids is 1. The van der Waals surface area contributed by atoms with Gasteiger partial charge in [0.05, 0.1) is 24.9 Å². The van der Waals surface area contributed by atoms with Crippen molar-refractivity contribution in [2.24, 2.45) is 0 Å². The molecular formula is C23H26N4O2. The predicted octanol–water partition coefficient (Wildman–Crippen LogP) is 3.19. The highest BCUT2D eigenvalue weighted by Crippen LogP contribution is 2.19. The fraction of sp³-hybridized carbons (Fsp3) is 0.304. The molecule has 0 saturated carbocycles. The van der Waals surface area contributed by atoms with E-state index in [0.717, 1.165) is 49.7 Å². The third kappa shape index (κ3) is 4.91. The third-order valence-electron chi connectivity index (χ3n) is 5.22. The van der Waals surface area contributed by atoms with Crippen molar-refractivity contribution < 1.29 is 9.53 Å². The Kier molecular flexibility index (Phi) is 6.03. The van der Waals surface area contributed by atoms with Crippen LogP contribution in [0.15, 0.2) is 60.7 Å². The zero-order chi connectivity index (χ0) is 20.1. The molecule has 2 heterocycles. The van der Waals surface area contributed by atoms with Crippen molar-refractivity contribution in [3.8, 4) is 11.3 Å². The van der Waals surface area contributed by atoms with Crippen LogP contribution in [0.2, 0.25) is 0 Å². The molecule has 1 aliphatic heterocycles. The maximum Gasteiger partial charge on any atom is 0.269 e. The van der Waals surface area contributed by atoms with Gasteiger partial charge in [0.2, 0.25) is 0 Å². The van der Waals surface area contributed by atoms with Crippen molar-refractivity contribution in [3.05, 3.63) is 77.5 Å². The maximum atomic E-state index is 13.0. The number of benzene rings is 2. The van der Waals surface area contributed by atoms with E-state index in [1.807, 2.05) is 30.3 Å². The third-order valence-corrected chi connectivity index (χ3v) is 5.22. The number of nitrogens with one attached hydrogen (secondary N) is 2. The highest BCUT2D eigenvalue weighted by Gasteiger charge is 2.22. The summed E-state index contributed by atoms with van der Waals surface area (Å²) < 4.78 is 5.46. The van der Waals surface area contributed by atoms with E-state index in [0.29, 0.717) is 5.69 Å². The molecule has 0 spiro atoms. The molecule has 3 aromatic rings. The van der Waals surface area contributed by atoms with Crippen LogP contribution in [0, 0.1) is 6.92 Å². The monoisotopic (exact) mass is 390 g/mol. The van der Waals surface area contributed by atoms with E-state index in [9.17, 15) is 4.79 Å². The minimum atomic E-state index is -0.154. The van der Waals surface area contributed by atoms with Crippen LogP contribution >= 0.6 is 0 Å². The summed E-state index contributed by atoms with van der Waals surface area (Å²) in [6, 6.07) is 19.9. The number of aryl methyl sites for hydroxylation is 1. The number of amides is 1. The van der Waals surface area contributed by atoms with Gasteiger partial charge in [-0.3, -0.25) is 14.8 Å². The van der Waals surface area contributed by atoms with Crippen molar-refractivity contribution >= 4 is 5.91 Å². The fourth-order valence-electron chi connectivity index (χ4n) is 3.51. The summed E-state index contributed by atoms with van der Waals surface area (Å²) in [5.74, 6) is -0.154. The van der Waals surface area contributed by atoms with Gasteiger partial charge in [-0.15, -0.1) is 0 Å². The fourth-order valence-corrected chi connectivity index (χ4v) is 3.51. The maximum absolute atomic E-state index is 13.0. The molecule has 1 atom stereocenters. The quantitative estimate of drug-likeness (QED) is 0.678. The van der Waals surface area contributed by atoms with Gasteiger partial charge >= 0.3 is 0 Å². The molecular weight excluding hydrogens is 364 g/mol. The zero-order valence-corrected chi connectivity index (χ0v) is 16.6. The first kappa shape index (κ1) is 19.4. The number of ether oxygens (including phenoxy) is 1. The molecule has 6 nitrogen and oxygen atoms in total. The Labute approximate surface area is 170 Å². The molecule has 2 aromatic carbocycles. The zero-order valence-electron chi connectivity index (χ0n) is 16.6. The van der Waals surface area contributed by atoms with Crippen LogP contribution < -0.4 is 5.32 Å². The molecule has 1 aromatic heterocycles. The first-order valence-electron chi connectivity index (χ1n) is 9.97. The van der Waals surface area contributed by atoms with Gasteiger partial charge in [0.15, 0.2) is 0 Å². The Morgan fingerprint density at radius 2 is 1.86 bits per heavy atom. The van der Waals surface area contributed by atoms with Crippen molar-refractivity contribution in [2.75, 3.05) is 32.8 Å². The average molecular weight is 390 g/mol. The summed E-state index contributed by atoms with van der Waals surface area (Å²) in [5, 5.41) is 10.4. The molecule has 0 radical (unpaired) electrons. The Bertz CT molecular complexity index is 931. The van der Waals surface area contributed by atoms with E-state index in [-0.39, 0.29) is 11.9 Å². The second-order valence-corrected chi connectivity index (χ2v) is 7.38. The summed E-state index contributed by atoms with van der Waals surface area (Å²) in [6.45, 7) is 6.03. The van der Waals surface area contributed by atoms with Gasteiger partial charge in [-0.05, 0) is 18.6 Å². The summed E-state index contributed by atoms with van der Waals surface area (Å²) in [6.07, 6.45) is 0. The van der Waals surface area contributed by atoms with Crippen molar-refractivity contribution in [2.45, 2.75) is 13.0 Å². The summed E-state index contributed by atoms with van der Waals surface area (Å²) in [5.41, 5.74) is 4.49. The predicted molar refractivity (Wildman–Crippen MR) is 113 cm³/mol. The molecule has 1 saturated heterocycles. The second kappa shape index (κ2) is 9.03. The number of hydrogen-bond acceptors (Lipinski definition) is 4. The van der Waals surface area contributed by atoms with E-state index in [1.165, 1.54) is 5.56 Å². The van der Waals surface area contributed by atoms with E-state index in [1.54, 1.807) is 6.07 Å². The largest absolute Gasteiger partial charge is 0.379 e. The van der Waals surface area contributed by atoms with Gasteiger partial charge in [-0.25, -0.2) is 0 Å². The molecule has 6 heteroatoms. The molecule has 150 valence electrons. The van der Waals surface area contributed by atoms with Crippen LogP contribution in [-0.4, -0.2) is 53.9 Å². The molecule has 4 rings (SSSR count). The number of morpholine rings is 1. The van der Waals surface area contributed by atoms with Crippen molar-refractivity contribution in [1.29, 1.82) is 0 Å². The molecule has 0 unspecified atom stereocenters. The number of H-pyrrole nitrogens is 1. The number of carbonyl (C=O) groups is 1. The van der Waals surface area contributed by atoms with Crippen LogP contribution in [0.5, 0.6) is 0 Å². The topological polar surface area (TPSA) is 70.2 Å². The lowest BCUT2D eigenvalue weighted by molar-refractivity contribution is 0.0332. The Morgan fingerprint density at radius 3 is 2.59 bits per heavy atom. The van der Waals surface area contributed by atoms with E-state index < -0.39 is 0 Å². The van der Waals surface area contributed by atoms with Crippen LogP contribution in [0.25, 0.3) is 11.3 Å². The average Bonchev–Trinajstić information content (AvgIpc) is 3.26. The molecule has 1 fully saturated rings. The van der Waals surface area contributed by atoms with Gasteiger partial charge < -0.3 is 10.1 Å². The smallest absolute Gasteiger partial charge is 0.269 e.